The second-order valence-electron chi connectivity index (χ2n) is 7.35. The van der Waals surface area contributed by atoms with E-state index in [0.29, 0.717) is 10.9 Å². The third kappa shape index (κ3) is 3.96. The Labute approximate surface area is 164 Å². The molecule has 2 amide bonds. The van der Waals surface area contributed by atoms with Gasteiger partial charge in [0, 0.05) is 47.9 Å². The maximum atomic E-state index is 12.5. The number of likely N-dealkylation sites (tertiary alicyclic amines) is 1. The van der Waals surface area contributed by atoms with Gasteiger partial charge in [-0.2, -0.15) is 0 Å². The van der Waals surface area contributed by atoms with Gasteiger partial charge in [0.15, 0.2) is 0 Å². The van der Waals surface area contributed by atoms with E-state index in [2.05, 4.69) is 47.4 Å². The SMILES string of the molecule is Cn1cc(CC2CCN(C(=O)Nc3ccc(Cl)cc3)CC2)c2ccccc21. The van der Waals surface area contributed by atoms with E-state index in [1.165, 1.54) is 16.5 Å². The van der Waals surface area contributed by atoms with E-state index < -0.39 is 0 Å². The van der Waals surface area contributed by atoms with E-state index in [4.69, 9.17) is 11.6 Å². The normalized spacial score (nSPS) is 15.3. The number of amides is 2. The number of aryl methyl sites for hydroxylation is 1. The number of rotatable bonds is 3. The molecule has 1 aromatic heterocycles. The molecule has 0 spiro atoms. The van der Waals surface area contributed by atoms with Crippen LogP contribution < -0.4 is 5.32 Å². The van der Waals surface area contributed by atoms with Crippen LogP contribution >= 0.6 is 11.6 Å². The van der Waals surface area contributed by atoms with Crippen LogP contribution in [0.3, 0.4) is 0 Å². The fraction of sp³-hybridized carbons (Fsp3) is 0.318. The van der Waals surface area contributed by atoms with Crippen LogP contribution in [0.4, 0.5) is 10.5 Å². The van der Waals surface area contributed by atoms with Crippen molar-refractivity contribution in [3.8, 4) is 0 Å². The summed E-state index contributed by atoms with van der Waals surface area (Å²) in [5.41, 5.74) is 3.48. The van der Waals surface area contributed by atoms with Gasteiger partial charge < -0.3 is 14.8 Å². The summed E-state index contributed by atoms with van der Waals surface area (Å²) in [6.07, 6.45) is 5.41. The molecular weight excluding hydrogens is 358 g/mol. The third-order valence-electron chi connectivity index (χ3n) is 5.49. The average molecular weight is 382 g/mol. The number of fused-ring (bicyclic) bond motifs is 1. The molecule has 0 unspecified atom stereocenters. The zero-order chi connectivity index (χ0) is 18.8. The second kappa shape index (κ2) is 7.65. The van der Waals surface area contributed by atoms with Crippen molar-refractivity contribution < 1.29 is 4.79 Å². The predicted molar refractivity (Wildman–Crippen MR) is 111 cm³/mol. The smallest absolute Gasteiger partial charge is 0.321 e. The van der Waals surface area contributed by atoms with Gasteiger partial charge >= 0.3 is 6.03 Å². The van der Waals surface area contributed by atoms with Gasteiger partial charge in [0.2, 0.25) is 0 Å². The first-order valence-corrected chi connectivity index (χ1v) is 9.82. The van der Waals surface area contributed by atoms with Gasteiger partial charge in [0.25, 0.3) is 0 Å². The molecule has 2 aromatic carbocycles. The highest BCUT2D eigenvalue weighted by Crippen LogP contribution is 2.27. The quantitative estimate of drug-likeness (QED) is 0.655. The lowest BCUT2D eigenvalue weighted by Gasteiger charge is -2.32. The van der Waals surface area contributed by atoms with E-state index in [1.807, 2.05) is 17.0 Å². The van der Waals surface area contributed by atoms with Crippen molar-refractivity contribution >= 4 is 34.2 Å². The first-order valence-electron chi connectivity index (χ1n) is 9.44. The largest absolute Gasteiger partial charge is 0.350 e. The van der Waals surface area contributed by atoms with Crippen LogP contribution in [0.1, 0.15) is 18.4 Å². The molecule has 27 heavy (non-hydrogen) atoms. The Balaban J connectivity index is 1.34. The molecule has 0 atom stereocenters. The summed E-state index contributed by atoms with van der Waals surface area (Å²) in [6.45, 7) is 1.60. The van der Waals surface area contributed by atoms with Crippen molar-refractivity contribution in [3.05, 3.63) is 65.3 Å². The number of halogens is 1. The molecule has 1 aliphatic heterocycles. The predicted octanol–water partition coefficient (Wildman–Crippen LogP) is 5.32. The Morgan fingerprint density at radius 2 is 1.81 bits per heavy atom. The molecule has 4 nitrogen and oxygen atoms in total. The Kier molecular flexibility index (Phi) is 5.08. The summed E-state index contributed by atoms with van der Waals surface area (Å²) in [5, 5.41) is 4.97. The summed E-state index contributed by atoms with van der Waals surface area (Å²) in [4.78, 5) is 14.4. The van der Waals surface area contributed by atoms with Gasteiger partial charge in [-0.3, -0.25) is 0 Å². The lowest BCUT2D eigenvalue weighted by Crippen LogP contribution is -2.41. The van der Waals surface area contributed by atoms with Crippen LogP contribution in [0.15, 0.2) is 54.7 Å². The highest BCUT2D eigenvalue weighted by atomic mass is 35.5. The lowest BCUT2D eigenvalue weighted by molar-refractivity contribution is 0.182. The number of anilines is 1. The minimum atomic E-state index is -0.0269. The number of hydrogen-bond donors (Lipinski definition) is 1. The summed E-state index contributed by atoms with van der Waals surface area (Å²) in [5.74, 6) is 0.621. The fourth-order valence-electron chi connectivity index (χ4n) is 3.98. The van der Waals surface area contributed by atoms with Gasteiger partial charge in [-0.25, -0.2) is 4.79 Å². The molecule has 0 bridgehead atoms. The number of carbonyl (C=O) groups excluding carboxylic acids is 1. The van der Waals surface area contributed by atoms with Crippen LogP contribution in [0.2, 0.25) is 5.02 Å². The first-order chi connectivity index (χ1) is 13.1. The highest BCUT2D eigenvalue weighted by Gasteiger charge is 2.24. The Morgan fingerprint density at radius 3 is 2.56 bits per heavy atom. The Bertz CT molecular complexity index is 940. The summed E-state index contributed by atoms with van der Waals surface area (Å²) >= 11 is 5.89. The number of piperidine rings is 1. The van der Waals surface area contributed by atoms with Crippen LogP contribution in [-0.4, -0.2) is 28.6 Å². The molecule has 5 heteroatoms. The van der Waals surface area contributed by atoms with Gasteiger partial charge in [-0.05, 0) is 61.1 Å². The van der Waals surface area contributed by atoms with Gasteiger partial charge in [0.05, 0.1) is 0 Å². The van der Waals surface area contributed by atoms with Gasteiger partial charge in [-0.1, -0.05) is 29.8 Å². The number of nitrogens with zero attached hydrogens (tertiary/aromatic N) is 2. The number of urea groups is 1. The van der Waals surface area contributed by atoms with Crippen molar-refractivity contribution in [3.63, 3.8) is 0 Å². The van der Waals surface area contributed by atoms with Crippen molar-refractivity contribution in [2.45, 2.75) is 19.3 Å². The van der Waals surface area contributed by atoms with E-state index in [1.54, 1.807) is 12.1 Å². The van der Waals surface area contributed by atoms with Crippen LogP contribution in [0.5, 0.6) is 0 Å². The zero-order valence-electron chi connectivity index (χ0n) is 15.5. The number of benzene rings is 2. The van der Waals surface area contributed by atoms with Crippen LogP contribution in [0, 0.1) is 5.92 Å². The van der Waals surface area contributed by atoms with Gasteiger partial charge in [-0.15, -0.1) is 0 Å². The molecule has 1 fully saturated rings. The molecule has 1 N–H and O–H groups in total. The highest BCUT2D eigenvalue weighted by molar-refractivity contribution is 6.30. The molecule has 0 radical (unpaired) electrons. The zero-order valence-corrected chi connectivity index (χ0v) is 16.2. The van der Waals surface area contributed by atoms with Crippen molar-refractivity contribution in [1.82, 2.24) is 9.47 Å². The van der Waals surface area contributed by atoms with E-state index in [9.17, 15) is 4.79 Å². The Hall–Kier alpha value is -2.46. The molecule has 1 saturated heterocycles. The van der Waals surface area contributed by atoms with Crippen LogP contribution in [-0.2, 0) is 13.5 Å². The summed E-state index contributed by atoms with van der Waals surface area (Å²) < 4.78 is 2.21. The fourth-order valence-corrected chi connectivity index (χ4v) is 4.10. The molecular formula is C22H24ClN3O. The maximum absolute atomic E-state index is 12.5. The topological polar surface area (TPSA) is 37.3 Å². The molecule has 2 heterocycles. The summed E-state index contributed by atoms with van der Waals surface area (Å²) in [6, 6.07) is 15.8. The number of nitrogens with one attached hydrogen (secondary N) is 1. The summed E-state index contributed by atoms with van der Waals surface area (Å²) in [7, 11) is 2.11. The number of aromatic nitrogens is 1. The second-order valence-corrected chi connectivity index (χ2v) is 7.79. The molecule has 1 aliphatic rings. The minimum absolute atomic E-state index is 0.0269. The van der Waals surface area contributed by atoms with E-state index >= 15 is 0 Å². The number of carbonyl (C=O) groups is 1. The molecule has 3 aromatic rings. The van der Waals surface area contributed by atoms with Crippen molar-refractivity contribution in [2.24, 2.45) is 13.0 Å². The first kappa shape index (κ1) is 17.9. The average Bonchev–Trinajstić information content (AvgIpc) is 3.00. The molecule has 140 valence electrons. The standard InChI is InChI=1S/C22H24ClN3O/c1-25-15-17(20-4-2-3-5-21(20)25)14-16-10-12-26(13-11-16)22(27)24-19-8-6-18(23)7-9-19/h2-9,15-16H,10-14H2,1H3,(H,24,27). The van der Waals surface area contributed by atoms with Crippen molar-refractivity contribution in [2.75, 3.05) is 18.4 Å². The van der Waals surface area contributed by atoms with E-state index in [-0.39, 0.29) is 6.03 Å². The lowest BCUT2D eigenvalue weighted by atomic mass is 9.90. The van der Waals surface area contributed by atoms with Crippen LogP contribution in [0.25, 0.3) is 10.9 Å². The van der Waals surface area contributed by atoms with Crippen molar-refractivity contribution in [1.29, 1.82) is 0 Å². The maximum Gasteiger partial charge on any atom is 0.321 e. The minimum Gasteiger partial charge on any atom is -0.350 e. The third-order valence-corrected chi connectivity index (χ3v) is 5.74. The molecule has 4 rings (SSSR count). The number of para-hydroxylation sites is 1. The van der Waals surface area contributed by atoms with E-state index in [0.717, 1.165) is 38.0 Å². The molecule has 0 saturated carbocycles. The van der Waals surface area contributed by atoms with Gasteiger partial charge in [0.1, 0.15) is 0 Å². The number of hydrogen-bond acceptors (Lipinski definition) is 1. The Morgan fingerprint density at radius 1 is 1.11 bits per heavy atom. The monoisotopic (exact) mass is 381 g/mol. The molecule has 0 aliphatic carbocycles.